The molecule has 4 heteroatoms. The van der Waals surface area contributed by atoms with Crippen LogP contribution in [0, 0.1) is 0 Å². The Morgan fingerprint density at radius 3 is 2.87 bits per heavy atom. The average molecular weight is 226 g/mol. The van der Waals surface area contributed by atoms with Gasteiger partial charge in [-0.15, -0.1) is 11.3 Å². The minimum Gasteiger partial charge on any atom is -0.390 e. The molecule has 0 fully saturated rings. The maximum atomic E-state index is 11.4. The lowest BCUT2D eigenvalue weighted by Crippen LogP contribution is -2.18. The standard InChI is InChI=1S/C11H18N2OS/c1-3-4-5-6-8-7-9(10(12)15-8)11(14)13-2/h7H,3-6,12H2,1-2H3,(H,13,14). The molecule has 0 aliphatic heterocycles. The number of thiophene rings is 1. The van der Waals surface area contributed by atoms with E-state index in [1.807, 2.05) is 6.07 Å². The van der Waals surface area contributed by atoms with Gasteiger partial charge in [-0.3, -0.25) is 4.79 Å². The number of anilines is 1. The third kappa shape index (κ3) is 3.23. The summed E-state index contributed by atoms with van der Waals surface area (Å²) in [5, 5.41) is 3.22. The Hall–Kier alpha value is -1.03. The van der Waals surface area contributed by atoms with Gasteiger partial charge in [-0.2, -0.15) is 0 Å². The molecule has 0 saturated heterocycles. The number of nitrogens with one attached hydrogen (secondary N) is 1. The number of amides is 1. The number of unbranched alkanes of at least 4 members (excludes halogenated alkanes) is 2. The van der Waals surface area contributed by atoms with E-state index in [9.17, 15) is 4.79 Å². The van der Waals surface area contributed by atoms with Gasteiger partial charge in [-0.1, -0.05) is 19.8 Å². The second-order valence-electron chi connectivity index (χ2n) is 3.53. The van der Waals surface area contributed by atoms with E-state index in [2.05, 4.69) is 12.2 Å². The fraction of sp³-hybridized carbons (Fsp3) is 0.545. The summed E-state index contributed by atoms with van der Waals surface area (Å²) in [6.07, 6.45) is 4.64. The van der Waals surface area contributed by atoms with E-state index in [1.165, 1.54) is 35.5 Å². The van der Waals surface area contributed by atoms with Crippen LogP contribution < -0.4 is 11.1 Å². The number of nitrogens with two attached hydrogens (primary N) is 1. The summed E-state index contributed by atoms with van der Waals surface area (Å²) < 4.78 is 0. The van der Waals surface area contributed by atoms with Crippen molar-refractivity contribution >= 4 is 22.2 Å². The molecule has 1 aromatic heterocycles. The summed E-state index contributed by atoms with van der Waals surface area (Å²) in [5.41, 5.74) is 6.40. The summed E-state index contributed by atoms with van der Waals surface area (Å²) in [6.45, 7) is 2.18. The summed E-state index contributed by atoms with van der Waals surface area (Å²) in [4.78, 5) is 12.6. The topological polar surface area (TPSA) is 55.1 Å². The Morgan fingerprint density at radius 1 is 1.53 bits per heavy atom. The molecule has 1 aromatic rings. The molecule has 1 rings (SSSR count). The monoisotopic (exact) mass is 226 g/mol. The summed E-state index contributed by atoms with van der Waals surface area (Å²) in [6, 6.07) is 1.91. The molecule has 84 valence electrons. The van der Waals surface area contributed by atoms with Crippen molar-refractivity contribution in [1.29, 1.82) is 0 Å². The maximum Gasteiger partial charge on any atom is 0.254 e. The van der Waals surface area contributed by atoms with Crippen molar-refractivity contribution in [2.24, 2.45) is 0 Å². The van der Waals surface area contributed by atoms with Crippen LogP contribution in [0.4, 0.5) is 5.00 Å². The predicted molar refractivity (Wildman–Crippen MR) is 65.4 cm³/mol. The fourth-order valence-corrected chi connectivity index (χ4v) is 2.41. The highest BCUT2D eigenvalue weighted by Crippen LogP contribution is 2.26. The molecule has 0 saturated carbocycles. The third-order valence-electron chi connectivity index (χ3n) is 2.31. The Kier molecular flexibility index (Phi) is 4.62. The smallest absolute Gasteiger partial charge is 0.254 e. The molecule has 0 unspecified atom stereocenters. The largest absolute Gasteiger partial charge is 0.390 e. The molecule has 0 aromatic carbocycles. The van der Waals surface area contributed by atoms with Crippen molar-refractivity contribution in [2.75, 3.05) is 12.8 Å². The Labute approximate surface area is 94.7 Å². The van der Waals surface area contributed by atoms with Gasteiger partial charge in [0.1, 0.15) is 0 Å². The van der Waals surface area contributed by atoms with Gasteiger partial charge in [-0.05, 0) is 18.9 Å². The van der Waals surface area contributed by atoms with Crippen LogP contribution in [0.25, 0.3) is 0 Å². The molecule has 3 nitrogen and oxygen atoms in total. The highest BCUT2D eigenvalue weighted by molar-refractivity contribution is 7.16. The van der Waals surface area contributed by atoms with E-state index >= 15 is 0 Å². The van der Waals surface area contributed by atoms with Crippen molar-refractivity contribution in [3.8, 4) is 0 Å². The number of carbonyl (C=O) groups is 1. The van der Waals surface area contributed by atoms with Gasteiger partial charge in [0, 0.05) is 11.9 Å². The third-order valence-corrected chi connectivity index (χ3v) is 3.33. The van der Waals surface area contributed by atoms with E-state index in [-0.39, 0.29) is 5.91 Å². The van der Waals surface area contributed by atoms with E-state index in [1.54, 1.807) is 7.05 Å². The number of nitrogen functional groups attached to an aromatic ring is 1. The van der Waals surface area contributed by atoms with Crippen LogP contribution in [0.15, 0.2) is 6.07 Å². The van der Waals surface area contributed by atoms with Crippen molar-refractivity contribution in [3.05, 3.63) is 16.5 Å². The van der Waals surface area contributed by atoms with E-state index in [0.29, 0.717) is 10.6 Å². The Morgan fingerprint density at radius 2 is 2.27 bits per heavy atom. The lowest BCUT2D eigenvalue weighted by molar-refractivity contribution is 0.0964. The molecule has 15 heavy (non-hydrogen) atoms. The zero-order chi connectivity index (χ0) is 11.3. The van der Waals surface area contributed by atoms with Gasteiger partial charge in [0.15, 0.2) is 0 Å². The molecule has 0 aliphatic rings. The minimum atomic E-state index is -0.0921. The van der Waals surface area contributed by atoms with Crippen molar-refractivity contribution in [2.45, 2.75) is 32.6 Å². The zero-order valence-electron chi connectivity index (χ0n) is 9.30. The second-order valence-corrected chi connectivity index (χ2v) is 4.70. The molecular weight excluding hydrogens is 208 g/mol. The minimum absolute atomic E-state index is 0.0921. The van der Waals surface area contributed by atoms with E-state index in [4.69, 9.17) is 5.73 Å². The zero-order valence-corrected chi connectivity index (χ0v) is 10.1. The van der Waals surface area contributed by atoms with Gasteiger partial charge in [-0.25, -0.2) is 0 Å². The van der Waals surface area contributed by atoms with Crippen molar-refractivity contribution in [3.63, 3.8) is 0 Å². The van der Waals surface area contributed by atoms with Crippen LogP contribution in [-0.4, -0.2) is 13.0 Å². The molecule has 0 bridgehead atoms. The first-order valence-electron chi connectivity index (χ1n) is 5.29. The van der Waals surface area contributed by atoms with Crippen LogP contribution >= 0.6 is 11.3 Å². The lowest BCUT2D eigenvalue weighted by Gasteiger charge is -1.95. The highest BCUT2D eigenvalue weighted by atomic mass is 32.1. The van der Waals surface area contributed by atoms with Crippen LogP contribution in [0.5, 0.6) is 0 Å². The van der Waals surface area contributed by atoms with Crippen LogP contribution in [-0.2, 0) is 6.42 Å². The van der Waals surface area contributed by atoms with E-state index in [0.717, 1.165) is 6.42 Å². The molecule has 0 atom stereocenters. The summed E-state index contributed by atoms with van der Waals surface area (Å²) in [7, 11) is 1.62. The van der Waals surface area contributed by atoms with Gasteiger partial charge < -0.3 is 11.1 Å². The highest BCUT2D eigenvalue weighted by Gasteiger charge is 2.11. The summed E-state index contributed by atoms with van der Waals surface area (Å²) in [5.74, 6) is -0.0921. The number of aryl methyl sites for hydroxylation is 1. The predicted octanol–water partition coefficient (Wildman–Crippen LogP) is 2.42. The fourth-order valence-electron chi connectivity index (χ4n) is 1.44. The first-order valence-corrected chi connectivity index (χ1v) is 6.11. The number of carbonyl (C=O) groups excluding carboxylic acids is 1. The van der Waals surface area contributed by atoms with Crippen LogP contribution in [0.2, 0.25) is 0 Å². The van der Waals surface area contributed by atoms with Gasteiger partial charge >= 0.3 is 0 Å². The first kappa shape index (κ1) is 12.0. The molecule has 0 aliphatic carbocycles. The van der Waals surface area contributed by atoms with Gasteiger partial charge in [0.25, 0.3) is 5.91 Å². The van der Waals surface area contributed by atoms with Crippen molar-refractivity contribution in [1.82, 2.24) is 5.32 Å². The molecule has 0 spiro atoms. The number of rotatable bonds is 5. The molecular formula is C11H18N2OS. The number of hydrogen-bond acceptors (Lipinski definition) is 3. The molecule has 1 heterocycles. The van der Waals surface area contributed by atoms with Crippen LogP contribution in [0.3, 0.4) is 0 Å². The summed E-state index contributed by atoms with van der Waals surface area (Å²) >= 11 is 1.53. The number of hydrogen-bond donors (Lipinski definition) is 2. The second kappa shape index (κ2) is 5.75. The maximum absolute atomic E-state index is 11.4. The SMILES string of the molecule is CCCCCc1cc(C(=O)NC)c(N)s1. The molecule has 0 radical (unpaired) electrons. The Balaban J connectivity index is 2.64. The molecule has 1 amide bonds. The Bertz CT molecular complexity index is 333. The van der Waals surface area contributed by atoms with Gasteiger partial charge in [0.2, 0.25) is 0 Å². The average Bonchev–Trinajstić information content (AvgIpc) is 2.59. The van der Waals surface area contributed by atoms with Crippen molar-refractivity contribution < 1.29 is 4.79 Å². The quantitative estimate of drug-likeness (QED) is 0.758. The van der Waals surface area contributed by atoms with Crippen LogP contribution in [0.1, 0.15) is 41.4 Å². The lowest BCUT2D eigenvalue weighted by atomic mass is 10.1. The van der Waals surface area contributed by atoms with Gasteiger partial charge in [0.05, 0.1) is 10.6 Å². The first-order chi connectivity index (χ1) is 7.19. The van der Waals surface area contributed by atoms with E-state index < -0.39 is 0 Å². The normalized spacial score (nSPS) is 10.3. The molecule has 3 N–H and O–H groups in total.